The van der Waals surface area contributed by atoms with Crippen molar-refractivity contribution < 1.29 is 13.6 Å². The van der Waals surface area contributed by atoms with Gasteiger partial charge in [0.15, 0.2) is 0 Å². The fourth-order valence-corrected chi connectivity index (χ4v) is 2.60. The fourth-order valence-electron chi connectivity index (χ4n) is 1.82. The molecule has 0 unspecified atom stereocenters. The summed E-state index contributed by atoms with van der Waals surface area (Å²) in [5.74, 6) is -2.22. The lowest BCUT2D eigenvalue weighted by molar-refractivity contribution is 0.0745. The van der Waals surface area contributed by atoms with E-state index in [1.807, 2.05) is 0 Å². The van der Waals surface area contributed by atoms with Crippen LogP contribution in [-0.2, 0) is 0 Å². The second kappa shape index (κ2) is 5.65. The molecule has 0 heterocycles. The van der Waals surface area contributed by atoms with Crippen LogP contribution in [0.4, 0.5) is 8.78 Å². The molecule has 0 atom stereocenters. The third-order valence-electron chi connectivity index (χ3n) is 2.79. The molecule has 1 aliphatic rings. The Balaban J connectivity index is 2.32. The molecular weight excluding hydrogens is 372 g/mol. The van der Waals surface area contributed by atoms with E-state index in [2.05, 4.69) is 31.9 Å². The minimum atomic E-state index is -0.827. The molecule has 6 heteroatoms. The molecule has 1 fully saturated rings. The topological polar surface area (TPSA) is 20.3 Å². The lowest BCUT2D eigenvalue weighted by Crippen LogP contribution is -2.35. The number of halogens is 4. The van der Waals surface area contributed by atoms with Gasteiger partial charge in [-0.15, -0.1) is 0 Å². The zero-order chi connectivity index (χ0) is 13.3. The lowest BCUT2D eigenvalue weighted by atomic mass is 10.1. The van der Waals surface area contributed by atoms with Crippen LogP contribution in [0.3, 0.4) is 0 Å². The van der Waals surface area contributed by atoms with E-state index in [0.29, 0.717) is 11.9 Å². The second-order valence-corrected chi connectivity index (χ2v) is 5.87. The number of carbonyl (C=O) groups is 1. The predicted octanol–water partition coefficient (Wildman–Crippen LogP) is 3.73. The summed E-state index contributed by atoms with van der Waals surface area (Å²) in [5.41, 5.74) is -0.467. The van der Waals surface area contributed by atoms with Crippen molar-refractivity contribution in [3.8, 4) is 0 Å². The Bertz CT molecular complexity index is 454. The van der Waals surface area contributed by atoms with Gasteiger partial charge in [0.1, 0.15) is 17.2 Å². The summed E-state index contributed by atoms with van der Waals surface area (Å²) in [6.07, 6.45) is 1.80. The Morgan fingerprint density at radius 2 is 1.89 bits per heavy atom. The van der Waals surface area contributed by atoms with Crippen LogP contribution in [0.5, 0.6) is 0 Å². The van der Waals surface area contributed by atoms with Crippen molar-refractivity contribution in [2.24, 2.45) is 0 Å². The molecule has 0 spiro atoms. The molecule has 98 valence electrons. The van der Waals surface area contributed by atoms with E-state index in [4.69, 9.17) is 0 Å². The van der Waals surface area contributed by atoms with Crippen LogP contribution in [0.1, 0.15) is 23.2 Å². The Labute approximate surface area is 121 Å². The van der Waals surface area contributed by atoms with E-state index in [-0.39, 0.29) is 10.5 Å². The van der Waals surface area contributed by atoms with Crippen molar-refractivity contribution in [2.45, 2.75) is 18.9 Å². The maximum atomic E-state index is 13.7. The third kappa shape index (κ3) is 2.91. The SMILES string of the molecule is O=C(c1c(F)cc(Br)cc1F)N(CCBr)C1CC1. The summed E-state index contributed by atoms with van der Waals surface area (Å²) in [7, 11) is 0. The van der Waals surface area contributed by atoms with E-state index >= 15 is 0 Å². The molecule has 0 radical (unpaired) electrons. The van der Waals surface area contributed by atoms with Crippen LogP contribution in [-0.4, -0.2) is 28.7 Å². The van der Waals surface area contributed by atoms with Gasteiger partial charge in [-0.05, 0) is 25.0 Å². The summed E-state index contributed by atoms with van der Waals surface area (Å²) < 4.78 is 27.7. The van der Waals surface area contributed by atoms with E-state index in [1.54, 1.807) is 0 Å². The van der Waals surface area contributed by atoms with Crippen molar-refractivity contribution >= 4 is 37.8 Å². The number of hydrogen-bond donors (Lipinski definition) is 0. The molecule has 1 saturated carbocycles. The monoisotopic (exact) mass is 381 g/mol. The number of rotatable bonds is 4. The zero-order valence-corrected chi connectivity index (χ0v) is 12.6. The van der Waals surface area contributed by atoms with Crippen LogP contribution < -0.4 is 0 Å². The minimum absolute atomic E-state index is 0.123. The van der Waals surface area contributed by atoms with Gasteiger partial charge in [-0.1, -0.05) is 31.9 Å². The Hall–Kier alpha value is -0.490. The molecule has 0 saturated heterocycles. The molecule has 2 nitrogen and oxygen atoms in total. The maximum absolute atomic E-state index is 13.7. The average molecular weight is 383 g/mol. The standard InChI is InChI=1S/C12H11Br2F2NO/c13-3-4-17(8-1-2-8)12(18)11-9(15)5-7(14)6-10(11)16/h5-6,8H,1-4H2. The number of nitrogens with zero attached hydrogens (tertiary/aromatic N) is 1. The molecule has 1 aromatic rings. The van der Waals surface area contributed by atoms with Gasteiger partial charge in [-0.3, -0.25) is 4.79 Å². The Morgan fingerprint density at radius 3 is 2.33 bits per heavy atom. The smallest absolute Gasteiger partial charge is 0.260 e. The Kier molecular flexibility index (Phi) is 4.37. The van der Waals surface area contributed by atoms with Crippen LogP contribution in [0.2, 0.25) is 0 Å². The fraction of sp³-hybridized carbons (Fsp3) is 0.417. The first-order valence-electron chi connectivity index (χ1n) is 5.56. The highest BCUT2D eigenvalue weighted by Gasteiger charge is 2.34. The molecule has 1 aromatic carbocycles. The normalized spacial score (nSPS) is 14.7. The van der Waals surface area contributed by atoms with Gasteiger partial charge < -0.3 is 4.90 Å². The molecule has 0 N–H and O–H groups in total. The number of alkyl halides is 1. The van der Waals surface area contributed by atoms with Gasteiger partial charge in [0.2, 0.25) is 0 Å². The quantitative estimate of drug-likeness (QED) is 0.726. The van der Waals surface area contributed by atoms with Crippen molar-refractivity contribution in [1.29, 1.82) is 0 Å². The van der Waals surface area contributed by atoms with Gasteiger partial charge >= 0.3 is 0 Å². The van der Waals surface area contributed by atoms with Crippen LogP contribution in [0, 0.1) is 11.6 Å². The van der Waals surface area contributed by atoms with Gasteiger partial charge in [0, 0.05) is 22.4 Å². The summed E-state index contributed by atoms with van der Waals surface area (Å²) in [6.45, 7) is 0.457. The first kappa shape index (κ1) is 13.9. The van der Waals surface area contributed by atoms with Crippen LogP contribution >= 0.6 is 31.9 Å². The first-order valence-corrected chi connectivity index (χ1v) is 7.47. The van der Waals surface area contributed by atoms with E-state index in [0.717, 1.165) is 25.0 Å². The number of amides is 1. The van der Waals surface area contributed by atoms with Gasteiger partial charge in [-0.25, -0.2) is 8.78 Å². The number of carbonyl (C=O) groups excluding carboxylic acids is 1. The predicted molar refractivity (Wildman–Crippen MR) is 71.9 cm³/mol. The molecular formula is C12H11Br2F2NO. The zero-order valence-electron chi connectivity index (χ0n) is 9.43. The highest BCUT2D eigenvalue weighted by Crippen LogP contribution is 2.30. The molecule has 18 heavy (non-hydrogen) atoms. The molecule has 0 bridgehead atoms. The van der Waals surface area contributed by atoms with E-state index < -0.39 is 23.1 Å². The van der Waals surface area contributed by atoms with Gasteiger partial charge in [0.25, 0.3) is 5.91 Å². The van der Waals surface area contributed by atoms with E-state index in [9.17, 15) is 13.6 Å². The molecule has 0 aromatic heterocycles. The van der Waals surface area contributed by atoms with Crippen molar-refractivity contribution in [2.75, 3.05) is 11.9 Å². The lowest BCUT2D eigenvalue weighted by Gasteiger charge is -2.22. The molecule has 1 amide bonds. The second-order valence-electron chi connectivity index (χ2n) is 4.16. The largest absolute Gasteiger partial charge is 0.335 e. The molecule has 0 aliphatic heterocycles. The van der Waals surface area contributed by atoms with Crippen molar-refractivity contribution in [3.63, 3.8) is 0 Å². The molecule has 1 aliphatic carbocycles. The molecule has 2 rings (SSSR count). The van der Waals surface area contributed by atoms with Crippen LogP contribution in [0.15, 0.2) is 16.6 Å². The van der Waals surface area contributed by atoms with Crippen molar-refractivity contribution in [1.82, 2.24) is 4.90 Å². The van der Waals surface area contributed by atoms with Crippen LogP contribution in [0.25, 0.3) is 0 Å². The summed E-state index contributed by atoms with van der Waals surface area (Å²) in [5, 5.41) is 0.592. The number of benzene rings is 1. The highest BCUT2D eigenvalue weighted by atomic mass is 79.9. The number of hydrogen-bond acceptors (Lipinski definition) is 1. The van der Waals surface area contributed by atoms with Gasteiger partial charge in [-0.2, -0.15) is 0 Å². The highest BCUT2D eigenvalue weighted by molar-refractivity contribution is 9.10. The summed E-state index contributed by atoms with van der Waals surface area (Å²) in [4.78, 5) is 13.7. The minimum Gasteiger partial charge on any atom is -0.335 e. The maximum Gasteiger partial charge on any atom is 0.260 e. The van der Waals surface area contributed by atoms with E-state index in [1.165, 1.54) is 4.90 Å². The Morgan fingerprint density at radius 1 is 1.33 bits per heavy atom. The summed E-state index contributed by atoms with van der Waals surface area (Å²) in [6, 6.07) is 2.34. The van der Waals surface area contributed by atoms with Crippen molar-refractivity contribution in [3.05, 3.63) is 33.8 Å². The average Bonchev–Trinajstić information content (AvgIpc) is 3.07. The first-order chi connectivity index (χ1) is 8.54. The summed E-state index contributed by atoms with van der Waals surface area (Å²) >= 11 is 6.24. The van der Waals surface area contributed by atoms with Gasteiger partial charge in [0.05, 0.1) is 0 Å². The third-order valence-corrected chi connectivity index (χ3v) is 3.61.